The van der Waals surface area contributed by atoms with Crippen molar-refractivity contribution >= 4 is 17.7 Å². The number of hydrogen-bond donors (Lipinski definition) is 2. The van der Waals surface area contributed by atoms with Crippen molar-refractivity contribution in [2.75, 3.05) is 5.75 Å². The van der Waals surface area contributed by atoms with Gasteiger partial charge in [0.05, 0.1) is 5.75 Å². The van der Waals surface area contributed by atoms with Gasteiger partial charge in [-0.3, -0.25) is 4.79 Å². The molecule has 1 atom stereocenters. The van der Waals surface area contributed by atoms with Crippen molar-refractivity contribution in [1.29, 1.82) is 0 Å². The Kier molecular flexibility index (Phi) is 4.75. The molecule has 0 amide bonds. The zero-order valence-electron chi connectivity index (χ0n) is 10.9. The summed E-state index contributed by atoms with van der Waals surface area (Å²) in [6.07, 6.45) is 0. The highest BCUT2D eigenvalue weighted by atomic mass is 32.2. The summed E-state index contributed by atoms with van der Waals surface area (Å²) in [6, 6.07) is 6.94. The van der Waals surface area contributed by atoms with Crippen LogP contribution in [0.1, 0.15) is 11.5 Å². The second-order valence-electron chi connectivity index (χ2n) is 4.34. The van der Waals surface area contributed by atoms with Crippen LogP contribution in [0.25, 0.3) is 11.4 Å². The van der Waals surface area contributed by atoms with Crippen LogP contribution < -0.4 is 5.73 Å². The van der Waals surface area contributed by atoms with Crippen LogP contribution in [-0.2, 0) is 10.5 Å². The Hall–Kier alpha value is -1.86. The molecule has 0 radical (unpaired) electrons. The maximum absolute atomic E-state index is 10.6. The minimum atomic E-state index is -1.01. The van der Waals surface area contributed by atoms with Gasteiger partial charge >= 0.3 is 5.97 Å². The summed E-state index contributed by atoms with van der Waals surface area (Å²) >= 11 is 1.35. The van der Waals surface area contributed by atoms with Gasteiger partial charge in [-0.05, 0) is 6.92 Å². The van der Waals surface area contributed by atoms with Crippen molar-refractivity contribution in [3.8, 4) is 11.4 Å². The number of thioether (sulfide) groups is 1. The summed E-state index contributed by atoms with van der Waals surface area (Å²) in [4.78, 5) is 14.8. The lowest BCUT2D eigenvalue weighted by Gasteiger charge is -2.03. The Morgan fingerprint density at radius 1 is 1.45 bits per heavy atom. The molecule has 6 nitrogen and oxygen atoms in total. The van der Waals surface area contributed by atoms with Crippen LogP contribution in [0.2, 0.25) is 0 Å². The number of aromatic nitrogens is 2. The van der Waals surface area contributed by atoms with Gasteiger partial charge in [0, 0.05) is 11.3 Å². The quantitative estimate of drug-likeness (QED) is 0.835. The fourth-order valence-corrected chi connectivity index (χ4v) is 2.28. The number of rotatable bonds is 6. The zero-order valence-corrected chi connectivity index (χ0v) is 11.8. The van der Waals surface area contributed by atoms with Gasteiger partial charge in [0.15, 0.2) is 0 Å². The summed E-state index contributed by atoms with van der Waals surface area (Å²) in [6.45, 7) is 2.01. The number of nitrogens with zero attached hydrogens (tertiary/aromatic N) is 2. The van der Waals surface area contributed by atoms with Gasteiger partial charge in [-0.15, -0.1) is 11.8 Å². The molecule has 3 N–H and O–H groups in total. The summed E-state index contributed by atoms with van der Waals surface area (Å²) in [5.74, 6) is 0.729. The van der Waals surface area contributed by atoms with Crippen molar-refractivity contribution in [2.24, 2.45) is 5.73 Å². The Morgan fingerprint density at radius 3 is 2.80 bits per heavy atom. The van der Waals surface area contributed by atoms with Gasteiger partial charge in [-0.25, -0.2) is 0 Å². The van der Waals surface area contributed by atoms with Crippen LogP contribution in [-0.4, -0.2) is 33.0 Å². The molecule has 1 aromatic carbocycles. The first-order chi connectivity index (χ1) is 9.56. The van der Waals surface area contributed by atoms with Gasteiger partial charge in [0.1, 0.15) is 6.04 Å². The fourth-order valence-electron chi connectivity index (χ4n) is 1.48. The topological polar surface area (TPSA) is 102 Å². The lowest BCUT2D eigenvalue weighted by molar-refractivity contribution is -0.137. The summed E-state index contributed by atoms with van der Waals surface area (Å²) in [7, 11) is 0. The van der Waals surface area contributed by atoms with E-state index in [1.54, 1.807) is 0 Å². The average molecular weight is 293 g/mol. The predicted octanol–water partition coefficient (Wildman–Crippen LogP) is 1.69. The molecule has 1 heterocycles. The van der Waals surface area contributed by atoms with E-state index in [0.717, 1.165) is 11.1 Å². The fraction of sp³-hybridized carbons (Fsp3) is 0.308. The predicted molar refractivity (Wildman–Crippen MR) is 76.2 cm³/mol. The van der Waals surface area contributed by atoms with Crippen LogP contribution in [0.3, 0.4) is 0 Å². The number of benzene rings is 1. The normalized spacial score (nSPS) is 12.3. The molecule has 1 unspecified atom stereocenters. The highest BCUT2D eigenvalue weighted by molar-refractivity contribution is 7.98. The molecule has 106 valence electrons. The lowest BCUT2D eigenvalue weighted by atomic mass is 10.1. The molecule has 0 aliphatic carbocycles. The monoisotopic (exact) mass is 293 g/mol. The van der Waals surface area contributed by atoms with Crippen molar-refractivity contribution in [3.63, 3.8) is 0 Å². The highest BCUT2D eigenvalue weighted by Gasteiger charge is 2.13. The van der Waals surface area contributed by atoms with E-state index in [1.807, 2.05) is 31.2 Å². The summed E-state index contributed by atoms with van der Waals surface area (Å²) in [5.41, 5.74) is 7.45. The molecule has 0 saturated heterocycles. The van der Waals surface area contributed by atoms with Crippen LogP contribution in [0.5, 0.6) is 0 Å². The van der Waals surface area contributed by atoms with Gasteiger partial charge in [0.25, 0.3) is 0 Å². The molecule has 0 aliphatic rings. The molecule has 20 heavy (non-hydrogen) atoms. The number of hydrogen-bond acceptors (Lipinski definition) is 6. The largest absolute Gasteiger partial charge is 0.480 e. The van der Waals surface area contributed by atoms with Gasteiger partial charge in [-0.2, -0.15) is 4.98 Å². The van der Waals surface area contributed by atoms with Crippen LogP contribution >= 0.6 is 11.8 Å². The third-order valence-corrected chi connectivity index (χ3v) is 3.66. The van der Waals surface area contributed by atoms with E-state index >= 15 is 0 Å². The van der Waals surface area contributed by atoms with E-state index in [1.165, 1.54) is 11.8 Å². The number of aryl methyl sites for hydroxylation is 1. The SMILES string of the molecule is Cc1ccc(-c2noc(CSCC(N)C(=O)O)n2)cc1. The van der Waals surface area contributed by atoms with Gasteiger partial charge in [-0.1, -0.05) is 35.0 Å². The number of carbonyl (C=O) groups is 1. The molecule has 0 aliphatic heterocycles. The maximum Gasteiger partial charge on any atom is 0.321 e. The van der Waals surface area contributed by atoms with E-state index in [2.05, 4.69) is 10.1 Å². The molecule has 0 fully saturated rings. The Morgan fingerprint density at radius 2 is 2.15 bits per heavy atom. The van der Waals surface area contributed by atoms with Crippen molar-refractivity contribution in [3.05, 3.63) is 35.7 Å². The summed E-state index contributed by atoms with van der Waals surface area (Å²) in [5, 5.41) is 12.6. The number of carboxylic acids is 1. The molecular formula is C13H15N3O3S. The second-order valence-corrected chi connectivity index (χ2v) is 5.37. The van der Waals surface area contributed by atoms with E-state index in [0.29, 0.717) is 23.2 Å². The third kappa shape index (κ3) is 3.82. The molecular weight excluding hydrogens is 278 g/mol. The first kappa shape index (κ1) is 14.5. The molecule has 7 heteroatoms. The number of carboxylic acid groups (broad SMARTS) is 1. The van der Waals surface area contributed by atoms with E-state index < -0.39 is 12.0 Å². The minimum Gasteiger partial charge on any atom is -0.480 e. The third-order valence-electron chi connectivity index (χ3n) is 2.62. The molecule has 1 aromatic heterocycles. The van der Waals surface area contributed by atoms with Crippen LogP contribution in [0.15, 0.2) is 28.8 Å². The van der Waals surface area contributed by atoms with Crippen LogP contribution in [0.4, 0.5) is 0 Å². The maximum atomic E-state index is 10.6. The smallest absolute Gasteiger partial charge is 0.321 e. The van der Waals surface area contributed by atoms with Gasteiger partial charge < -0.3 is 15.4 Å². The first-order valence-corrected chi connectivity index (χ1v) is 7.17. The van der Waals surface area contributed by atoms with Crippen molar-refractivity contribution in [2.45, 2.75) is 18.7 Å². The van der Waals surface area contributed by atoms with Crippen molar-refractivity contribution in [1.82, 2.24) is 10.1 Å². The first-order valence-electron chi connectivity index (χ1n) is 6.02. The number of nitrogens with two attached hydrogens (primary N) is 1. The molecule has 2 rings (SSSR count). The Bertz CT molecular complexity index is 583. The minimum absolute atomic E-state index is 0.303. The molecule has 2 aromatic rings. The van der Waals surface area contributed by atoms with E-state index in [-0.39, 0.29) is 0 Å². The highest BCUT2D eigenvalue weighted by Crippen LogP contribution is 2.18. The lowest BCUT2D eigenvalue weighted by Crippen LogP contribution is -2.32. The molecule has 0 spiro atoms. The summed E-state index contributed by atoms with van der Waals surface area (Å²) < 4.78 is 5.12. The molecule has 0 bridgehead atoms. The molecule has 0 saturated carbocycles. The van der Waals surface area contributed by atoms with E-state index in [9.17, 15) is 4.79 Å². The van der Waals surface area contributed by atoms with E-state index in [4.69, 9.17) is 15.4 Å². The number of aliphatic carboxylic acids is 1. The average Bonchev–Trinajstić information content (AvgIpc) is 2.88. The Labute approximate surface area is 120 Å². The van der Waals surface area contributed by atoms with Crippen molar-refractivity contribution < 1.29 is 14.4 Å². The Balaban J connectivity index is 1.92. The van der Waals surface area contributed by atoms with Crippen LogP contribution in [0, 0.1) is 6.92 Å². The zero-order chi connectivity index (χ0) is 14.5. The van der Waals surface area contributed by atoms with Gasteiger partial charge in [0.2, 0.25) is 11.7 Å². The standard InChI is InChI=1S/C13H15N3O3S/c1-8-2-4-9(5-3-8)12-15-11(19-16-12)7-20-6-10(14)13(17)18/h2-5,10H,6-7,14H2,1H3,(H,17,18). The second kappa shape index (κ2) is 6.53.